The molecule has 0 aliphatic carbocycles. The fourth-order valence-electron chi connectivity index (χ4n) is 2.97. The van der Waals surface area contributed by atoms with E-state index in [-0.39, 0.29) is 18.6 Å². The van der Waals surface area contributed by atoms with Crippen LogP contribution in [0, 0.1) is 0 Å². The van der Waals surface area contributed by atoms with E-state index in [0.717, 1.165) is 16.8 Å². The Kier molecular flexibility index (Phi) is 4.91. The van der Waals surface area contributed by atoms with Crippen molar-refractivity contribution in [2.45, 2.75) is 12.5 Å². The van der Waals surface area contributed by atoms with Crippen LogP contribution in [0.1, 0.15) is 16.8 Å². The number of nitrogens with zero attached hydrogens (tertiary/aromatic N) is 2. The third kappa shape index (κ3) is 3.31. The number of aliphatic hydroxyl groups excluding tert-OH is 1. The normalized spacial score (nSPS) is 18.8. The van der Waals surface area contributed by atoms with E-state index in [4.69, 9.17) is 4.84 Å². The fraction of sp³-hybridized carbons (Fsp3) is 0.263. The number of carbonyl (C=O) groups is 1. The molecule has 0 bridgehead atoms. The van der Waals surface area contributed by atoms with Crippen LogP contribution in [0.15, 0.2) is 59.8 Å². The first-order valence-corrected chi connectivity index (χ1v) is 7.89. The van der Waals surface area contributed by atoms with E-state index >= 15 is 0 Å². The summed E-state index contributed by atoms with van der Waals surface area (Å²) in [6.07, 6.45) is 0.540. The minimum absolute atomic E-state index is 0.0867. The molecule has 1 aliphatic rings. The van der Waals surface area contributed by atoms with Gasteiger partial charge in [0.1, 0.15) is 7.11 Å². The lowest BCUT2D eigenvalue weighted by Crippen LogP contribution is -2.37. The zero-order chi connectivity index (χ0) is 16.9. The van der Waals surface area contributed by atoms with E-state index in [1.807, 2.05) is 54.6 Å². The minimum Gasteiger partial charge on any atom is -0.399 e. The van der Waals surface area contributed by atoms with Crippen molar-refractivity contribution in [1.29, 1.82) is 0 Å². The second-order valence-electron chi connectivity index (χ2n) is 5.76. The van der Waals surface area contributed by atoms with E-state index < -0.39 is 0 Å². The van der Waals surface area contributed by atoms with E-state index in [9.17, 15) is 9.90 Å². The Balaban J connectivity index is 1.79. The third-order valence-corrected chi connectivity index (χ3v) is 4.20. The van der Waals surface area contributed by atoms with Crippen molar-refractivity contribution in [2.75, 3.05) is 20.3 Å². The van der Waals surface area contributed by atoms with Gasteiger partial charge in [0.2, 0.25) is 0 Å². The molecule has 5 nitrogen and oxygen atoms in total. The number of amides is 1. The van der Waals surface area contributed by atoms with E-state index in [2.05, 4.69) is 5.16 Å². The van der Waals surface area contributed by atoms with Crippen LogP contribution in [0.2, 0.25) is 0 Å². The van der Waals surface area contributed by atoms with Gasteiger partial charge in [-0.15, -0.1) is 0 Å². The molecule has 1 fully saturated rings. The lowest BCUT2D eigenvalue weighted by atomic mass is 10.0. The highest BCUT2D eigenvalue weighted by Crippen LogP contribution is 2.22. The molecular weight excluding hydrogens is 304 g/mol. The second-order valence-corrected chi connectivity index (χ2v) is 5.76. The molecule has 124 valence electrons. The van der Waals surface area contributed by atoms with Crippen molar-refractivity contribution < 1.29 is 14.7 Å². The summed E-state index contributed by atoms with van der Waals surface area (Å²) in [4.78, 5) is 19.2. The number of likely N-dealkylation sites (tertiary alicyclic amines) is 1. The van der Waals surface area contributed by atoms with Gasteiger partial charge >= 0.3 is 0 Å². The van der Waals surface area contributed by atoms with Gasteiger partial charge in [0.05, 0.1) is 24.9 Å². The van der Waals surface area contributed by atoms with Crippen LogP contribution in [0.5, 0.6) is 0 Å². The molecule has 2 aromatic carbocycles. The second kappa shape index (κ2) is 7.27. The van der Waals surface area contributed by atoms with E-state index in [1.165, 1.54) is 7.11 Å². The first-order chi connectivity index (χ1) is 11.7. The largest absolute Gasteiger partial charge is 0.399 e. The fourth-order valence-corrected chi connectivity index (χ4v) is 2.97. The first-order valence-electron chi connectivity index (χ1n) is 7.89. The zero-order valence-electron chi connectivity index (χ0n) is 13.6. The van der Waals surface area contributed by atoms with Gasteiger partial charge in [-0.25, -0.2) is 0 Å². The van der Waals surface area contributed by atoms with Gasteiger partial charge in [0, 0.05) is 12.0 Å². The number of rotatable bonds is 4. The summed E-state index contributed by atoms with van der Waals surface area (Å²) in [5.74, 6) is -0.102. The zero-order valence-corrected chi connectivity index (χ0v) is 13.6. The summed E-state index contributed by atoms with van der Waals surface area (Å²) in [5, 5.41) is 13.4. The lowest BCUT2D eigenvalue weighted by Gasteiger charge is -2.22. The molecule has 1 amide bonds. The lowest BCUT2D eigenvalue weighted by molar-refractivity contribution is 0.0680. The summed E-state index contributed by atoms with van der Waals surface area (Å²) in [5.41, 5.74) is 3.55. The van der Waals surface area contributed by atoms with Gasteiger partial charge in [0.25, 0.3) is 5.91 Å². The van der Waals surface area contributed by atoms with E-state index in [1.54, 1.807) is 4.90 Å². The number of oxime groups is 1. The smallest absolute Gasteiger partial charge is 0.254 e. The molecule has 1 heterocycles. The van der Waals surface area contributed by atoms with Crippen molar-refractivity contribution in [3.8, 4) is 11.1 Å². The van der Waals surface area contributed by atoms with Gasteiger partial charge in [-0.1, -0.05) is 47.6 Å². The Hall–Kier alpha value is -2.66. The van der Waals surface area contributed by atoms with Crippen molar-refractivity contribution >= 4 is 11.6 Å². The van der Waals surface area contributed by atoms with Crippen molar-refractivity contribution in [3.63, 3.8) is 0 Å². The topological polar surface area (TPSA) is 62.1 Å². The molecule has 0 unspecified atom stereocenters. The number of aliphatic hydroxyl groups is 1. The molecule has 1 atom stereocenters. The molecular formula is C19H20N2O3. The van der Waals surface area contributed by atoms with Gasteiger partial charge in [-0.05, 0) is 23.3 Å². The predicted octanol–water partition coefficient (Wildman–Crippen LogP) is 2.56. The summed E-state index contributed by atoms with van der Waals surface area (Å²) in [7, 11) is 1.48. The van der Waals surface area contributed by atoms with Crippen LogP contribution >= 0.6 is 0 Å². The van der Waals surface area contributed by atoms with Crippen molar-refractivity contribution in [2.24, 2.45) is 5.16 Å². The van der Waals surface area contributed by atoms with Gasteiger partial charge in [-0.2, -0.15) is 0 Å². The number of carbonyl (C=O) groups excluding carboxylic acids is 1. The Morgan fingerprint density at radius 1 is 1.17 bits per heavy atom. The quantitative estimate of drug-likeness (QED) is 0.879. The van der Waals surface area contributed by atoms with Crippen molar-refractivity contribution in [1.82, 2.24) is 4.90 Å². The van der Waals surface area contributed by atoms with Crippen LogP contribution in [-0.2, 0) is 4.84 Å². The molecule has 24 heavy (non-hydrogen) atoms. The molecule has 3 rings (SSSR count). The van der Waals surface area contributed by atoms with Crippen LogP contribution in [-0.4, -0.2) is 47.9 Å². The van der Waals surface area contributed by atoms with Gasteiger partial charge in [-0.3, -0.25) is 4.79 Å². The molecule has 0 saturated carbocycles. The van der Waals surface area contributed by atoms with E-state index in [0.29, 0.717) is 18.5 Å². The first kappa shape index (κ1) is 16.2. The van der Waals surface area contributed by atoms with Crippen LogP contribution in [0.3, 0.4) is 0 Å². The highest BCUT2D eigenvalue weighted by molar-refractivity contribution is 6.00. The summed E-state index contributed by atoms with van der Waals surface area (Å²) < 4.78 is 0. The average Bonchev–Trinajstić information content (AvgIpc) is 3.05. The summed E-state index contributed by atoms with van der Waals surface area (Å²) in [6.45, 7) is 0.301. The SMILES string of the molecule is CON=C1C[C@@H](CO)N(C(=O)c2ccc(-c3ccccc3)cc2)C1. The maximum absolute atomic E-state index is 12.7. The summed E-state index contributed by atoms with van der Waals surface area (Å²) in [6, 6.07) is 17.3. The highest BCUT2D eigenvalue weighted by atomic mass is 16.6. The monoisotopic (exact) mass is 324 g/mol. The predicted molar refractivity (Wildman–Crippen MR) is 92.8 cm³/mol. The minimum atomic E-state index is -0.250. The summed E-state index contributed by atoms with van der Waals surface area (Å²) >= 11 is 0. The number of hydrogen-bond acceptors (Lipinski definition) is 4. The Labute approximate surface area is 141 Å². The molecule has 1 saturated heterocycles. The number of hydrogen-bond donors (Lipinski definition) is 1. The average molecular weight is 324 g/mol. The standard InChI is InChI=1S/C19H20N2O3/c1-24-20-17-11-18(13-22)21(12-17)19(23)16-9-7-15(8-10-16)14-5-3-2-4-6-14/h2-10,18,22H,11-13H2,1H3/t18-/m0/s1. The highest BCUT2D eigenvalue weighted by Gasteiger charge is 2.33. The molecule has 1 aliphatic heterocycles. The molecule has 5 heteroatoms. The maximum atomic E-state index is 12.7. The molecule has 0 spiro atoms. The Morgan fingerprint density at radius 3 is 2.46 bits per heavy atom. The Bertz CT molecular complexity index is 726. The molecule has 0 aromatic heterocycles. The van der Waals surface area contributed by atoms with Gasteiger partial charge < -0.3 is 14.8 Å². The van der Waals surface area contributed by atoms with Crippen molar-refractivity contribution in [3.05, 3.63) is 60.2 Å². The number of benzene rings is 2. The molecule has 0 radical (unpaired) electrons. The third-order valence-electron chi connectivity index (χ3n) is 4.20. The Morgan fingerprint density at radius 2 is 1.83 bits per heavy atom. The molecule has 1 N–H and O–H groups in total. The van der Waals surface area contributed by atoms with Gasteiger partial charge in [0.15, 0.2) is 0 Å². The van der Waals surface area contributed by atoms with Crippen LogP contribution in [0.25, 0.3) is 11.1 Å². The molecule has 2 aromatic rings. The van der Waals surface area contributed by atoms with Crippen LogP contribution < -0.4 is 0 Å². The van der Waals surface area contributed by atoms with Crippen LogP contribution in [0.4, 0.5) is 0 Å². The maximum Gasteiger partial charge on any atom is 0.254 e.